The van der Waals surface area contributed by atoms with E-state index in [9.17, 15) is 23.1 Å². The number of alkyl halides is 3. The summed E-state index contributed by atoms with van der Waals surface area (Å²) in [5, 5.41) is 14.4. The molecule has 0 spiro atoms. The summed E-state index contributed by atoms with van der Waals surface area (Å²) in [5.41, 5.74) is -0.0892. The van der Waals surface area contributed by atoms with Crippen LogP contribution in [0.2, 0.25) is 5.15 Å². The van der Waals surface area contributed by atoms with Crippen LogP contribution in [0.15, 0.2) is 48.8 Å². The second kappa shape index (κ2) is 11.3. The molecule has 0 unspecified atom stereocenters. The van der Waals surface area contributed by atoms with E-state index in [-0.39, 0.29) is 41.7 Å². The zero-order valence-corrected chi connectivity index (χ0v) is 23.3. The number of methoxy groups -OCH3 is 1. The molecule has 0 saturated carbocycles. The zero-order chi connectivity index (χ0) is 29.5. The van der Waals surface area contributed by atoms with Crippen molar-refractivity contribution >= 4 is 23.2 Å². The first-order chi connectivity index (χ1) is 19.5. The number of piperazine rings is 1. The van der Waals surface area contributed by atoms with Crippen LogP contribution < -0.4 is 4.74 Å². The van der Waals surface area contributed by atoms with Gasteiger partial charge in [0, 0.05) is 48.6 Å². The number of rotatable bonds is 6. The molecular formula is C28H28ClF3N6O3. The maximum absolute atomic E-state index is 14.3. The maximum Gasteiger partial charge on any atom is 0.433 e. The van der Waals surface area contributed by atoms with Gasteiger partial charge in [-0.05, 0) is 44.2 Å². The van der Waals surface area contributed by atoms with Crippen LogP contribution in [-0.2, 0) is 6.18 Å². The van der Waals surface area contributed by atoms with Crippen molar-refractivity contribution in [1.29, 1.82) is 0 Å². The number of amides is 1. The lowest BCUT2D eigenvalue weighted by Crippen LogP contribution is -2.55. The van der Waals surface area contributed by atoms with E-state index in [0.717, 1.165) is 6.20 Å². The molecule has 1 amide bonds. The molecule has 1 aromatic carbocycles. The van der Waals surface area contributed by atoms with Gasteiger partial charge in [0.15, 0.2) is 11.3 Å². The Morgan fingerprint density at radius 3 is 2.56 bits per heavy atom. The van der Waals surface area contributed by atoms with Crippen molar-refractivity contribution in [2.75, 3.05) is 33.4 Å². The van der Waals surface area contributed by atoms with Crippen molar-refractivity contribution in [1.82, 2.24) is 29.4 Å². The number of pyridine rings is 1. The Morgan fingerprint density at radius 1 is 1.22 bits per heavy atom. The van der Waals surface area contributed by atoms with Gasteiger partial charge in [-0.25, -0.2) is 14.5 Å². The third kappa shape index (κ3) is 5.34. The molecule has 0 aliphatic carbocycles. The molecule has 4 heterocycles. The van der Waals surface area contributed by atoms with E-state index in [2.05, 4.69) is 15.1 Å². The Bertz CT molecular complexity index is 1580. The molecule has 0 radical (unpaired) electrons. The molecule has 1 aliphatic heterocycles. The number of aliphatic hydroxyl groups excluding tert-OH is 1. The van der Waals surface area contributed by atoms with Crippen LogP contribution in [0.25, 0.3) is 16.9 Å². The highest BCUT2D eigenvalue weighted by molar-refractivity contribution is 6.30. The highest BCUT2D eigenvalue weighted by atomic mass is 35.5. The Labute approximate surface area is 239 Å². The molecule has 1 fully saturated rings. The topological polar surface area (TPSA) is 96.1 Å². The summed E-state index contributed by atoms with van der Waals surface area (Å²) in [6, 6.07) is 9.30. The van der Waals surface area contributed by atoms with Crippen LogP contribution in [0.1, 0.15) is 40.1 Å². The number of ether oxygens (including phenoxy) is 1. The predicted octanol–water partition coefficient (Wildman–Crippen LogP) is 4.66. The molecule has 2 atom stereocenters. The number of hydrogen-bond donors (Lipinski definition) is 1. The highest BCUT2D eigenvalue weighted by Gasteiger charge is 2.40. The lowest BCUT2D eigenvalue weighted by molar-refractivity contribution is -0.143. The summed E-state index contributed by atoms with van der Waals surface area (Å²) in [6.07, 6.45) is -2.04. The molecule has 216 valence electrons. The smallest absolute Gasteiger partial charge is 0.433 e. The first kappa shape index (κ1) is 28.8. The van der Waals surface area contributed by atoms with Crippen LogP contribution in [0.5, 0.6) is 5.75 Å². The summed E-state index contributed by atoms with van der Waals surface area (Å²) >= 11 is 6.27. The second-order valence-corrected chi connectivity index (χ2v) is 10.2. The van der Waals surface area contributed by atoms with Crippen LogP contribution in [0.4, 0.5) is 13.2 Å². The molecule has 1 saturated heterocycles. The van der Waals surface area contributed by atoms with Crippen molar-refractivity contribution in [3.05, 3.63) is 76.3 Å². The first-order valence-corrected chi connectivity index (χ1v) is 13.3. The maximum atomic E-state index is 14.3. The lowest BCUT2D eigenvalue weighted by atomic mass is 10.0. The predicted molar refractivity (Wildman–Crippen MR) is 146 cm³/mol. The molecule has 4 aromatic rings. The average Bonchev–Trinajstić information content (AvgIpc) is 3.36. The van der Waals surface area contributed by atoms with Gasteiger partial charge in [-0.15, -0.1) is 0 Å². The van der Waals surface area contributed by atoms with Crippen molar-refractivity contribution < 1.29 is 27.8 Å². The standard InChI is InChI=1S/C28H28ClF3N6O3/c1-16-14-36(22(15-39)20-5-4-10-33-25(20)29)11-12-37(16)27(40)21-13-34-38-24(28(30,31)32)17(2)23(35-26(21)38)18-6-8-19(41-3)9-7-18/h4-10,13,16,22,39H,11-12,14-15H2,1-3H3/t16-,22-/m1/s1. The van der Waals surface area contributed by atoms with Crippen molar-refractivity contribution in [3.63, 3.8) is 0 Å². The molecule has 13 heteroatoms. The summed E-state index contributed by atoms with van der Waals surface area (Å²) in [4.78, 5) is 26.0. The van der Waals surface area contributed by atoms with Crippen LogP contribution in [-0.4, -0.2) is 79.8 Å². The third-order valence-electron chi connectivity index (χ3n) is 7.43. The number of benzene rings is 1. The number of fused-ring (bicyclic) bond motifs is 1. The number of carbonyl (C=O) groups excluding carboxylic acids is 1. The summed E-state index contributed by atoms with van der Waals surface area (Å²) in [7, 11) is 1.50. The fraction of sp³-hybridized carbons (Fsp3) is 0.357. The van der Waals surface area contributed by atoms with Gasteiger partial charge < -0.3 is 14.7 Å². The number of nitrogens with zero attached hydrogens (tertiary/aromatic N) is 6. The number of hydrogen-bond acceptors (Lipinski definition) is 7. The number of carbonyl (C=O) groups is 1. The molecule has 5 rings (SSSR count). The monoisotopic (exact) mass is 588 g/mol. The number of halogens is 4. The van der Waals surface area contributed by atoms with E-state index >= 15 is 0 Å². The van der Waals surface area contributed by atoms with Gasteiger partial charge in [-0.1, -0.05) is 17.7 Å². The summed E-state index contributed by atoms with van der Waals surface area (Å²) < 4.78 is 48.8. The molecular weight excluding hydrogens is 561 g/mol. The van der Waals surface area contributed by atoms with E-state index in [0.29, 0.717) is 39.6 Å². The van der Waals surface area contributed by atoms with E-state index in [4.69, 9.17) is 16.3 Å². The Balaban J connectivity index is 1.49. The number of aliphatic hydroxyl groups is 1. The van der Waals surface area contributed by atoms with Gasteiger partial charge in [0.2, 0.25) is 0 Å². The van der Waals surface area contributed by atoms with Gasteiger partial charge >= 0.3 is 6.18 Å². The van der Waals surface area contributed by atoms with Crippen LogP contribution in [0, 0.1) is 6.92 Å². The minimum Gasteiger partial charge on any atom is -0.497 e. The Kier molecular flexibility index (Phi) is 7.91. The lowest BCUT2D eigenvalue weighted by Gasteiger charge is -2.43. The quantitative estimate of drug-likeness (QED) is 0.327. The minimum absolute atomic E-state index is 0.0282. The molecule has 3 aromatic heterocycles. The van der Waals surface area contributed by atoms with E-state index in [1.165, 1.54) is 14.0 Å². The fourth-order valence-corrected chi connectivity index (χ4v) is 5.62. The van der Waals surface area contributed by atoms with Crippen LogP contribution >= 0.6 is 11.6 Å². The van der Waals surface area contributed by atoms with E-state index in [1.54, 1.807) is 47.5 Å². The normalized spacial score (nSPS) is 17.2. The van der Waals surface area contributed by atoms with Crippen molar-refractivity contribution in [2.24, 2.45) is 0 Å². The molecule has 1 aliphatic rings. The molecule has 1 N–H and O–H groups in total. The van der Waals surface area contributed by atoms with Crippen molar-refractivity contribution in [3.8, 4) is 17.0 Å². The van der Waals surface area contributed by atoms with Gasteiger partial charge in [-0.3, -0.25) is 9.69 Å². The summed E-state index contributed by atoms with van der Waals surface area (Å²) in [5.74, 6) is 0.0726. The third-order valence-corrected chi connectivity index (χ3v) is 7.74. The second-order valence-electron chi connectivity index (χ2n) is 9.88. The van der Waals surface area contributed by atoms with Crippen molar-refractivity contribution in [2.45, 2.75) is 32.1 Å². The SMILES string of the molecule is COc1ccc(-c2nc3c(C(=O)N4CCN([C@H](CO)c5cccnc5Cl)C[C@H]4C)cnn3c(C(F)(F)F)c2C)cc1. The van der Waals surface area contributed by atoms with Gasteiger partial charge in [-0.2, -0.15) is 18.3 Å². The van der Waals surface area contributed by atoms with Crippen LogP contribution in [0.3, 0.4) is 0 Å². The van der Waals surface area contributed by atoms with Gasteiger partial charge in [0.1, 0.15) is 16.5 Å². The fourth-order valence-electron chi connectivity index (χ4n) is 5.37. The first-order valence-electron chi connectivity index (χ1n) is 12.9. The highest BCUT2D eigenvalue weighted by Crippen LogP contribution is 2.37. The molecule has 9 nitrogen and oxygen atoms in total. The Hall–Kier alpha value is -3.74. The average molecular weight is 589 g/mol. The van der Waals surface area contributed by atoms with Gasteiger partial charge in [0.05, 0.1) is 31.6 Å². The van der Waals surface area contributed by atoms with Gasteiger partial charge in [0.25, 0.3) is 5.91 Å². The molecule has 0 bridgehead atoms. The Morgan fingerprint density at radius 2 is 1.95 bits per heavy atom. The van der Waals surface area contributed by atoms with E-state index < -0.39 is 23.8 Å². The largest absolute Gasteiger partial charge is 0.497 e. The minimum atomic E-state index is -4.75. The van der Waals surface area contributed by atoms with E-state index in [1.807, 2.05) is 11.8 Å². The molecule has 41 heavy (non-hydrogen) atoms. The summed E-state index contributed by atoms with van der Waals surface area (Å²) in [6.45, 7) is 4.07. The number of aromatic nitrogens is 4. The zero-order valence-electron chi connectivity index (χ0n) is 22.6.